The zero-order chi connectivity index (χ0) is 15.1. The predicted molar refractivity (Wildman–Crippen MR) is 87.8 cm³/mol. The molecule has 0 bridgehead atoms. The molecule has 0 radical (unpaired) electrons. The Morgan fingerprint density at radius 2 is 2.00 bits per heavy atom. The van der Waals surface area contributed by atoms with Gasteiger partial charge in [0.25, 0.3) is 5.91 Å². The highest BCUT2D eigenvalue weighted by Gasteiger charge is 2.32. The first-order valence-corrected chi connectivity index (χ1v) is 8.44. The summed E-state index contributed by atoms with van der Waals surface area (Å²) in [4.78, 5) is 14.0. The molecule has 22 heavy (non-hydrogen) atoms. The molecule has 4 rings (SSSR count). The minimum Gasteiger partial charge on any atom is -0.496 e. The van der Waals surface area contributed by atoms with E-state index < -0.39 is 0 Å². The fourth-order valence-corrected chi connectivity index (χ4v) is 4.65. The number of thiophene rings is 1. The number of hydrogen-bond donors (Lipinski definition) is 2. The summed E-state index contributed by atoms with van der Waals surface area (Å²) in [5.41, 5.74) is 3.08. The Balaban J connectivity index is 1.73. The van der Waals surface area contributed by atoms with Gasteiger partial charge in [-0.1, -0.05) is 18.2 Å². The standard InChI is InChI=1S/C17H18N2O2S/c1-21-12-8-4-2-6-10(12)15-18-16(20)14-11-7-3-5-9-13(11)22-17(14)19-15/h2,4,6,8,15,19H,3,5,7,9H2,1H3,(H,18,20). The van der Waals surface area contributed by atoms with E-state index in [1.165, 1.54) is 23.3 Å². The summed E-state index contributed by atoms with van der Waals surface area (Å²) < 4.78 is 5.42. The van der Waals surface area contributed by atoms with Gasteiger partial charge in [-0.3, -0.25) is 4.79 Å². The summed E-state index contributed by atoms with van der Waals surface area (Å²) in [5.74, 6) is 0.814. The van der Waals surface area contributed by atoms with E-state index in [2.05, 4.69) is 10.6 Å². The summed E-state index contributed by atoms with van der Waals surface area (Å²) in [6.07, 6.45) is 4.29. The van der Waals surface area contributed by atoms with E-state index in [4.69, 9.17) is 4.74 Å². The minimum absolute atomic E-state index is 0.0315. The number of carbonyl (C=O) groups is 1. The molecule has 4 nitrogen and oxygen atoms in total. The minimum atomic E-state index is -0.240. The maximum absolute atomic E-state index is 12.6. The molecule has 5 heteroatoms. The number of benzene rings is 1. The molecule has 2 aliphatic rings. The Hall–Kier alpha value is -2.01. The van der Waals surface area contributed by atoms with Gasteiger partial charge in [0.15, 0.2) is 0 Å². The molecule has 1 atom stereocenters. The van der Waals surface area contributed by atoms with Crippen LogP contribution in [0.4, 0.5) is 5.00 Å². The number of amides is 1. The van der Waals surface area contributed by atoms with Gasteiger partial charge in [-0.25, -0.2) is 0 Å². The van der Waals surface area contributed by atoms with Crippen LogP contribution in [0.1, 0.15) is 45.4 Å². The molecule has 0 spiro atoms. The molecule has 1 aliphatic carbocycles. The molecule has 1 aromatic carbocycles. The fourth-order valence-electron chi connectivity index (χ4n) is 3.34. The number of anilines is 1. The zero-order valence-corrected chi connectivity index (χ0v) is 13.3. The Labute approximate surface area is 133 Å². The lowest BCUT2D eigenvalue weighted by molar-refractivity contribution is 0.0935. The van der Waals surface area contributed by atoms with Crippen molar-refractivity contribution in [1.82, 2.24) is 5.32 Å². The van der Waals surface area contributed by atoms with Crippen LogP contribution in [0.3, 0.4) is 0 Å². The van der Waals surface area contributed by atoms with Crippen LogP contribution in [-0.2, 0) is 12.8 Å². The number of ether oxygens (including phenoxy) is 1. The van der Waals surface area contributed by atoms with Gasteiger partial charge in [-0.2, -0.15) is 0 Å². The van der Waals surface area contributed by atoms with Gasteiger partial charge in [-0.05, 0) is 37.3 Å². The van der Waals surface area contributed by atoms with Crippen molar-refractivity contribution >= 4 is 22.2 Å². The van der Waals surface area contributed by atoms with Crippen LogP contribution >= 0.6 is 11.3 Å². The summed E-state index contributed by atoms with van der Waals surface area (Å²) in [6.45, 7) is 0. The molecule has 1 aliphatic heterocycles. The number of hydrogen-bond acceptors (Lipinski definition) is 4. The number of para-hydroxylation sites is 1. The zero-order valence-electron chi connectivity index (χ0n) is 12.4. The number of carbonyl (C=O) groups excluding carboxylic acids is 1. The molecule has 2 heterocycles. The average Bonchev–Trinajstić information content (AvgIpc) is 2.93. The molecule has 0 saturated heterocycles. The van der Waals surface area contributed by atoms with Gasteiger partial charge >= 0.3 is 0 Å². The number of nitrogens with one attached hydrogen (secondary N) is 2. The lowest BCUT2D eigenvalue weighted by Crippen LogP contribution is -2.38. The molecular weight excluding hydrogens is 296 g/mol. The Bertz CT molecular complexity index is 738. The monoisotopic (exact) mass is 314 g/mol. The van der Waals surface area contributed by atoms with Crippen molar-refractivity contribution in [2.75, 3.05) is 12.4 Å². The predicted octanol–water partition coefficient (Wildman–Crippen LogP) is 3.49. The highest BCUT2D eigenvalue weighted by atomic mass is 32.1. The Morgan fingerprint density at radius 3 is 2.86 bits per heavy atom. The van der Waals surface area contributed by atoms with Gasteiger partial charge in [0.1, 0.15) is 16.9 Å². The quantitative estimate of drug-likeness (QED) is 0.892. The van der Waals surface area contributed by atoms with Crippen molar-refractivity contribution in [2.45, 2.75) is 31.8 Å². The van der Waals surface area contributed by atoms with E-state index in [1.54, 1.807) is 18.4 Å². The van der Waals surface area contributed by atoms with E-state index >= 15 is 0 Å². The van der Waals surface area contributed by atoms with E-state index in [1.807, 2.05) is 24.3 Å². The third-order valence-corrected chi connectivity index (χ3v) is 5.62. The lowest BCUT2D eigenvalue weighted by atomic mass is 9.94. The molecule has 0 fully saturated rings. The van der Waals surface area contributed by atoms with Gasteiger partial charge in [0, 0.05) is 10.4 Å². The van der Waals surface area contributed by atoms with Gasteiger partial charge in [0.2, 0.25) is 0 Å². The number of methoxy groups -OCH3 is 1. The van der Waals surface area contributed by atoms with Crippen LogP contribution in [0.25, 0.3) is 0 Å². The number of fused-ring (bicyclic) bond motifs is 3. The highest BCUT2D eigenvalue weighted by molar-refractivity contribution is 7.16. The third-order valence-electron chi connectivity index (χ3n) is 4.40. The molecule has 2 N–H and O–H groups in total. The van der Waals surface area contributed by atoms with Crippen LogP contribution in [-0.4, -0.2) is 13.0 Å². The van der Waals surface area contributed by atoms with Crippen LogP contribution < -0.4 is 15.4 Å². The molecule has 114 valence electrons. The normalized spacial score (nSPS) is 19.7. The first kappa shape index (κ1) is 13.6. The van der Waals surface area contributed by atoms with Crippen LogP contribution in [0, 0.1) is 0 Å². The van der Waals surface area contributed by atoms with E-state index in [0.29, 0.717) is 0 Å². The topological polar surface area (TPSA) is 50.4 Å². The molecule has 1 amide bonds. The molecule has 0 saturated carbocycles. The van der Waals surface area contributed by atoms with Gasteiger partial charge < -0.3 is 15.4 Å². The smallest absolute Gasteiger partial charge is 0.256 e. The SMILES string of the molecule is COc1ccccc1C1NC(=O)c2c(sc3c2CCCC3)N1. The van der Waals surface area contributed by atoms with E-state index in [-0.39, 0.29) is 12.1 Å². The summed E-state index contributed by atoms with van der Waals surface area (Å²) >= 11 is 1.74. The van der Waals surface area contributed by atoms with E-state index in [0.717, 1.165) is 34.7 Å². The summed E-state index contributed by atoms with van der Waals surface area (Å²) in [7, 11) is 1.65. The van der Waals surface area contributed by atoms with Crippen molar-refractivity contribution in [3.63, 3.8) is 0 Å². The van der Waals surface area contributed by atoms with E-state index in [9.17, 15) is 4.79 Å². The van der Waals surface area contributed by atoms with Gasteiger partial charge in [-0.15, -0.1) is 11.3 Å². The second-order valence-corrected chi connectivity index (χ2v) is 6.81. The van der Waals surface area contributed by atoms with Crippen molar-refractivity contribution in [3.05, 3.63) is 45.8 Å². The largest absolute Gasteiger partial charge is 0.496 e. The molecular formula is C17H18N2O2S. The van der Waals surface area contributed by atoms with Crippen LogP contribution in [0.5, 0.6) is 5.75 Å². The molecule has 2 aromatic rings. The second kappa shape index (κ2) is 5.32. The van der Waals surface area contributed by atoms with Gasteiger partial charge in [0.05, 0.1) is 12.7 Å². The lowest BCUT2D eigenvalue weighted by Gasteiger charge is -2.27. The van der Waals surface area contributed by atoms with Crippen molar-refractivity contribution in [3.8, 4) is 5.75 Å². The van der Waals surface area contributed by atoms with Crippen LogP contribution in [0.15, 0.2) is 24.3 Å². The van der Waals surface area contributed by atoms with Crippen molar-refractivity contribution in [1.29, 1.82) is 0 Å². The maximum atomic E-state index is 12.6. The first-order valence-electron chi connectivity index (χ1n) is 7.63. The third kappa shape index (κ3) is 2.08. The summed E-state index contributed by atoms with van der Waals surface area (Å²) in [5, 5.41) is 7.56. The molecule has 1 aromatic heterocycles. The van der Waals surface area contributed by atoms with Crippen LogP contribution in [0.2, 0.25) is 0 Å². The fraction of sp³-hybridized carbons (Fsp3) is 0.353. The molecule has 1 unspecified atom stereocenters. The first-order chi connectivity index (χ1) is 10.8. The Morgan fingerprint density at radius 1 is 1.18 bits per heavy atom. The maximum Gasteiger partial charge on any atom is 0.256 e. The number of aryl methyl sites for hydroxylation is 1. The highest BCUT2D eigenvalue weighted by Crippen LogP contribution is 2.42. The summed E-state index contributed by atoms with van der Waals surface area (Å²) in [6, 6.07) is 7.79. The van der Waals surface area contributed by atoms with Crippen molar-refractivity contribution in [2.24, 2.45) is 0 Å². The van der Waals surface area contributed by atoms with Crippen molar-refractivity contribution < 1.29 is 9.53 Å². The second-order valence-electron chi connectivity index (χ2n) is 5.71. The Kier molecular flexibility index (Phi) is 3.30. The number of rotatable bonds is 2. The average molecular weight is 314 g/mol.